The number of esters is 1. The number of amides is 1. The number of rotatable bonds is 5. The molecule has 29 heavy (non-hydrogen) atoms. The van der Waals surface area contributed by atoms with Crippen LogP contribution in [0.25, 0.3) is 0 Å². The van der Waals surface area contributed by atoms with Crippen LogP contribution in [0.15, 0.2) is 21.7 Å². The lowest BCUT2D eigenvalue weighted by atomic mass is 9.97. The van der Waals surface area contributed by atoms with Gasteiger partial charge in [-0.25, -0.2) is 13.2 Å². The second-order valence-corrected chi connectivity index (χ2v) is 10.6. The molecule has 0 unspecified atom stereocenters. The molecule has 0 atom stereocenters. The zero-order valence-electron chi connectivity index (χ0n) is 15.8. The number of carbonyl (C=O) groups excluding carboxylic acids is 2. The van der Waals surface area contributed by atoms with Gasteiger partial charge in [-0.05, 0) is 36.8 Å². The van der Waals surface area contributed by atoms with Crippen molar-refractivity contribution in [2.75, 3.05) is 25.5 Å². The Morgan fingerprint density at radius 1 is 1.34 bits per heavy atom. The minimum atomic E-state index is -3.52. The van der Waals surface area contributed by atoms with Crippen LogP contribution in [0, 0.1) is 24.2 Å². The monoisotopic (exact) mass is 453 g/mol. The molecule has 1 aliphatic heterocycles. The Labute approximate surface area is 176 Å². The zero-order valence-corrected chi connectivity index (χ0v) is 18.2. The number of nitrogens with zero attached hydrogens (tertiary/aromatic N) is 2. The number of sulfonamides is 1. The number of nitrogens with one attached hydrogen (secondary N) is 1. The van der Waals surface area contributed by atoms with E-state index in [1.54, 1.807) is 24.4 Å². The van der Waals surface area contributed by atoms with Crippen LogP contribution in [-0.4, -0.2) is 44.8 Å². The Morgan fingerprint density at radius 2 is 2.03 bits per heavy atom. The fourth-order valence-corrected chi connectivity index (χ4v) is 6.83. The minimum absolute atomic E-state index is 0.237. The van der Waals surface area contributed by atoms with Crippen molar-refractivity contribution in [3.05, 3.63) is 33.5 Å². The average molecular weight is 454 g/mol. The summed E-state index contributed by atoms with van der Waals surface area (Å²) in [7, 11) is -2.27. The Bertz CT molecular complexity index is 1060. The van der Waals surface area contributed by atoms with Crippen LogP contribution in [0.5, 0.6) is 0 Å². The van der Waals surface area contributed by atoms with Crippen LogP contribution in [-0.2, 0) is 19.6 Å². The Kier molecular flexibility index (Phi) is 6.38. The van der Waals surface area contributed by atoms with Gasteiger partial charge in [-0.1, -0.05) is 6.07 Å². The van der Waals surface area contributed by atoms with E-state index in [1.807, 2.05) is 6.07 Å². The first-order chi connectivity index (χ1) is 13.8. The van der Waals surface area contributed by atoms with E-state index in [0.29, 0.717) is 27.6 Å². The van der Waals surface area contributed by atoms with Crippen LogP contribution in [0.2, 0.25) is 0 Å². The highest BCUT2D eigenvalue weighted by Gasteiger charge is 2.33. The molecular formula is C18H19N3O5S3. The lowest BCUT2D eigenvalue weighted by molar-refractivity contribution is -0.120. The summed E-state index contributed by atoms with van der Waals surface area (Å²) in [6.45, 7) is 2.13. The van der Waals surface area contributed by atoms with Gasteiger partial charge in [0.05, 0.1) is 12.7 Å². The quantitative estimate of drug-likeness (QED) is 0.696. The summed E-state index contributed by atoms with van der Waals surface area (Å²) >= 11 is 2.17. The number of thiophene rings is 2. The number of ether oxygens (including phenoxy) is 1. The van der Waals surface area contributed by atoms with Gasteiger partial charge in [0.15, 0.2) is 0 Å². The highest BCUT2D eigenvalue weighted by Crippen LogP contribution is 2.34. The number of carbonyl (C=O) groups is 2. The molecule has 3 rings (SSSR count). The first-order valence-electron chi connectivity index (χ1n) is 8.76. The van der Waals surface area contributed by atoms with E-state index in [0.717, 1.165) is 11.3 Å². The highest BCUT2D eigenvalue weighted by molar-refractivity contribution is 7.91. The molecule has 0 radical (unpaired) electrons. The molecule has 0 spiro atoms. The lowest BCUT2D eigenvalue weighted by Gasteiger charge is -2.30. The van der Waals surface area contributed by atoms with Crippen molar-refractivity contribution in [3.63, 3.8) is 0 Å². The summed E-state index contributed by atoms with van der Waals surface area (Å²) in [5.74, 6) is -1.22. The third-order valence-electron chi connectivity index (χ3n) is 4.78. The fourth-order valence-electron chi connectivity index (χ4n) is 3.13. The molecule has 0 aromatic carbocycles. The molecule has 8 nitrogen and oxygen atoms in total. The highest BCUT2D eigenvalue weighted by atomic mass is 32.2. The van der Waals surface area contributed by atoms with Gasteiger partial charge >= 0.3 is 5.97 Å². The van der Waals surface area contributed by atoms with E-state index in [4.69, 9.17) is 4.74 Å². The smallest absolute Gasteiger partial charge is 0.348 e. The number of methoxy groups -OCH3 is 1. The number of anilines is 1. The fraction of sp³-hybridized carbons (Fsp3) is 0.389. The molecule has 11 heteroatoms. The van der Waals surface area contributed by atoms with E-state index in [2.05, 4.69) is 5.32 Å². The molecule has 154 valence electrons. The summed E-state index contributed by atoms with van der Waals surface area (Å²) in [5, 5.41) is 14.1. The van der Waals surface area contributed by atoms with E-state index >= 15 is 0 Å². The van der Waals surface area contributed by atoms with Gasteiger partial charge in [0, 0.05) is 19.0 Å². The third kappa shape index (κ3) is 4.20. The molecule has 1 fully saturated rings. The van der Waals surface area contributed by atoms with Crippen LogP contribution in [0.4, 0.5) is 5.00 Å². The van der Waals surface area contributed by atoms with Gasteiger partial charge in [-0.15, -0.1) is 22.7 Å². The van der Waals surface area contributed by atoms with E-state index in [1.165, 1.54) is 22.8 Å². The van der Waals surface area contributed by atoms with Crippen molar-refractivity contribution >= 4 is 49.6 Å². The second kappa shape index (κ2) is 8.62. The molecule has 3 heterocycles. The van der Waals surface area contributed by atoms with Gasteiger partial charge in [0.2, 0.25) is 5.91 Å². The Morgan fingerprint density at radius 3 is 2.59 bits per heavy atom. The number of hydrogen-bond donors (Lipinski definition) is 1. The molecule has 2 aromatic rings. The van der Waals surface area contributed by atoms with Crippen molar-refractivity contribution in [3.8, 4) is 6.07 Å². The molecule has 0 aliphatic carbocycles. The van der Waals surface area contributed by atoms with Crippen LogP contribution >= 0.6 is 22.7 Å². The largest absolute Gasteiger partial charge is 0.465 e. The molecule has 1 aliphatic rings. The lowest BCUT2D eigenvalue weighted by Crippen LogP contribution is -2.41. The molecular weight excluding hydrogens is 434 g/mol. The maximum atomic E-state index is 12.7. The average Bonchev–Trinajstić information content (AvgIpc) is 3.36. The first-order valence-corrected chi connectivity index (χ1v) is 11.9. The van der Waals surface area contributed by atoms with Crippen molar-refractivity contribution in [1.29, 1.82) is 5.26 Å². The van der Waals surface area contributed by atoms with Gasteiger partial charge in [-0.2, -0.15) is 9.57 Å². The van der Waals surface area contributed by atoms with E-state index < -0.39 is 16.0 Å². The standard InChI is InChI=1S/C18H19N3O5S3/c1-11-13(10-19)17(28-15(11)18(23)26-2)20-16(22)12-5-7-21(8-6-12)29(24,25)14-4-3-9-27-14/h3-4,9,12H,5-8H2,1-2H3,(H,20,22). The molecule has 2 aromatic heterocycles. The Balaban J connectivity index is 1.68. The van der Waals surface area contributed by atoms with Gasteiger partial charge in [-0.3, -0.25) is 4.79 Å². The minimum Gasteiger partial charge on any atom is -0.465 e. The van der Waals surface area contributed by atoms with Crippen molar-refractivity contribution < 1.29 is 22.7 Å². The van der Waals surface area contributed by atoms with E-state index in [9.17, 15) is 23.3 Å². The zero-order chi connectivity index (χ0) is 21.2. The molecule has 0 saturated carbocycles. The Hall–Kier alpha value is -2.26. The predicted octanol–water partition coefficient (Wildman–Crippen LogP) is 2.82. The number of piperidine rings is 1. The second-order valence-electron chi connectivity index (χ2n) is 6.46. The van der Waals surface area contributed by atoms with Crippen LogP contribution in [0.1, 0.15) is 33.6 Å². The molecule has 0 bridgehead atoms. The van der Waals surface area contributed by atoms with Crippen LogP contribution in [0.3, 0.4) is 0 Å². The van der Waals surface area contributed by atoms with Gasteiger partial charge < -0.3 is 10.1 Å². The molecule has 1 amide bonds. The number of nitriles is 1. The predicted molar refractivity (Wildman–Crippen MR) is 110 cm³/mol. The maximum Gasteiger partial charge on any atom is 0.348 e. The van der Waals surface area contributed by atoms with Crippen molar-refractivity contribution in [2.24, 2.45) is 5.92 Å². The van der Waals surface area contributed by atoms with Crippen LogP contribution < -0.4 is 5.32 Å². The molecule has 1 N–H and O–H groups in total. The maximum absolute atomic E-state index is 12.7. The normalized spacial score (nSPS) is 15.6. The SMILES string of the molecule is COC(=O)c1sc(NC(=O)C2CCN(S(=O)(=O)c3cccs3)CC2)c(C#N)c1C. The summed E-state index contributed by atoms with van der Waals surface area (Å²) < 4.78 is 31.6. The van der Waals surface area contributed by atoms with Crippen molar-refractivity contribution in [1.82, 2.24) is 4.31 Å². The summed E-state index contributed by atoms with van der Waals surface area (Å²) in [6, 6.07) is 5.28. The summed E-state index contributed by atoms with van der Waals surface area (Å²) in [5.41, 5.74) is 0.706. The topological polar surface area (TPSA) is 117 Å². The number of hydrogen-bond acceptors (Lipinski definition) is 8. The van der Waals surface area contributed by atoms with Gasteiger partial charge in [0.1, 0.15) is 20.2 Å². The first kappa shape index (κ1) is 21.4. The van der Waals surface area contributed by atoms with Crippen molar-refractivity contribution in [2.45, 2.75) is 24.0 Å². The third-order valence-corrected chi connectivity index (χ3v) is 9.24. The molecule has 1 saturated heterocycles. The van der Waals surface area contributed by atoms with Gasteiger partial charge in [0.25, 0.3) is 10.0 Å². The summed E-state index contributed by atoms with van der Waals surface area (Å²) in [6.07, 6.45) is 0.763. The summed E-state index contributed by atoms with van der Waals surface area (Å²) in [4.78, 5) is 24.8. The van der Waals surface area contributed by atoms with E-state index in [-0.39, 0.29) is 35.4 Å².